The lowest BCUT2D eigenvalue weighted by Crippen LogP contribution is -2.33. The van der Waals surface area contributed by atoms with Crippen LogP contribution in [0.1, 0.15) is 25.1 Å². The number of nitrogens with zero attached hydrogens (tertiary/aromatic N) is 3. The van der Waals surface area contributed by atoms with Gasteiger partial charge in [0.05, 0.1) is 5.52 Å². The second kappa shape index (κ2) is 9.54. The zero-order valence-electron chi connectivity index (χ0n) is 16.1. The highest BCUT2D eigenvalue weighted by Crippen LogP contribution is 2.32. The molecule has 1 atom stereocenters. The molecule has 3 rings (SSSR count). The third-order valence-electron chi connectivity index (χ3n) is 4.71. The van der Waals surface area contributed by atoms with E-state index >= 15 is 0 Å². The lowest BCUT2D eigenvalue weighted by molar-refractivity contribution is 0.159. The molecule has 142 valence electrons. The van der Waals surface area contributed by atoms with Gasteiger partial charge in [-0.15, -0.1) is 25.6 Å². The molecule has 1 aromatic heterocycles. The van der Waals surface area contributed by atoms with Crippen LogP contribution < -0.4 is 0 Å². The maximum atomic E-state index is 5.06. The first-order valence-electron chi connectivity index (χ1n) is 9.19. The maximum absolute atomic E-state index is 5.06. The van der Waals surface area contributed by atoms with Gasteiger partial charge in [-0.25, -0.2) is 4.68 Å². The summed E-state index contributed by atoms with van der Waals surface area (Å²) in [5.41, 5.74) is 4.60. The van der Waals surface area contributed by atoms with Gasteiger partial charge in [-0.3, -0.25) is 4.90 Å². The molecule has 27 heavy (non-hydrogen) atoms. The van der Waals surface area contributed by atoms with Gasteiger partial charge in [0, 0.05) is 24.0 Å². The Balaban J connectivity index is 0.00000261. The number of hydrogen-bond acceptors (Lipinski definition) is 2. The van der Waals surface area contributed by atoms with Crippen LogP contribution in [0.4, 0.5) is 0 Å². The number of aromatic nitrogens is 2. The monoisotopic (exact) mass is 381 g/mol. The van der Waals surface area contributed by atoms with Gasteiger partial charge in [0.1, 0.15) is 11.9 Å². The Kier molecular flexibility index (Phi) is 7.40. The minimum Gasteiger partial charge on any atom is -0.274 e. The lowest BCUT2D eigenvalue weighted by Gasteiger charge is -2.29. The number of fused-ring (bicyclic) bond motifs is 1. The molecule has 0 amide bonds. The van der Waals surface area contributed by atoms with Crippen LogP contribution in [0, 0.1) is 6.92 Å². The highest BCUT2D eigenvalue weighted by molar-refractivity contribution is 5.93. The van der Waals surface area contributed by atoms with E-state index in [0.29, 0.717) is 0 Å². The van der Waals surface area contributed by atoms with Gasteiger partial charge in [0.2, 0.25) is 0 Å². The number of benzene rings is 2. The minimum atomic E-state index is 0. The van der Waals surface area contributed by atoms with Crippen molar-refractivity contribution in [2.75, 3.05) is 13.1 Å². The van der Waals surface area contributed by atoms with Crippen LogP contribution in [0.2, 0.25) is 0 Å². The van der Waals surface area contributed by atoms with Gasteiger partial charge in [-0.05, 0) is 25.5 Å². The molecule has 0 fully saturated rings. The van der Waals surface area contributed by atoms with Gasteiger partial charge in [0.25, 0.3) is 0 Å². The molecule has 1 unspecified atom stereocenters. The molecule has 0 saturated heterocycles. The average molecular weight is 382 g/mol. The summed E-state index contributed by atoms with van der Waals surface area (Å²) in [5, 5.41) is 6.26. The SMILES string of the molecule is C=CCN(CC=C)C(CC)n1nc(-c2ccccc2)c2cc(C)ccc21.Cl. The molecule has 3 aromatic rings. The number of aryl methyl sites for hydroxylation is 1. The third-order valence-corrected chi connectivity index (χ3v) is 4.71. The number of hydrogen-bond donors (Lipinski definition) is 0. The molecule has 0 radical (unpaired) electrons. The quantitative estimate of drug-likeness (QED) is 0.445. The molecule has 1 heterocycles. The molecule has 0 bridgehead atoms. The second-order valence-electron chi connectivity index (χ2n) is 6.60. The summed E-state index contributed by atoms with van der Waals surface area (Å²) >= 11 is 0. The van der Waals surface area contributed by atoms with Gasteiger partial charge >= 0.3 is 0 Å². The topological polar surface area (TPSA) is 21.1 Å². The summed E-state index contributed by atoms with van der Waals surface area (Å²) in [6.45, 7) is 13.8. The summed E-state index contributed by atoms with van der Waals surface area (Å²) in [7, 11) is 0. The van der Waals surface area contributed by atoms with E-state index in [-0.39, 0.29) is 18.6 Å². The summed E-state index contributed by atoms with van der Waals surface area (Å²) in [4.78, 5) is 2.35. The van der Waals surface area contributed by atoms with Crippen LogP contribution in [0.5, 0.6) is 0 Å². The number of halogens is 1. The maximum Gasteiger partial charge on any atom is 0.105 e. The Morgan fingerprint density at radius 2 is 1.74 bits per heavy atom. The molecule has 0 N–H and O–H groups in total. The summed E-state index contributed by atoms with van der Waals surface area (Å²) < 4.78 is 2.17. The van der Waals surface area contributed by atoms with Crippen molar-refractivity contribution < 1.29 is 0 Å². The van der Waals surface area contributed by atoms with Crippen molar-refractivity contribution in [1.29, 1.82) is 0 Å². The fraction of sp³-hybridized carbons (Fsp3) is 0.261. The second-order valence-corrected chi connectivity index (χ2v) is 6.60. The highest BCUT2D eigenvalue weighted by Gasteiger charge is 2.22. The minimum absolute atomic E-state index is 0. The van der Waals surface area contributed by atoms with Crippen molar-refractivity contribution in [2.45, 2.75) is 26.4 Å². The molecular formula is C23H28ClN3. The van der Waals surface area contributed by atoms with Crippen molar-refractivity contribution in [3.8, 4) is 11.3 Å². The highest BCUT2D eigenvalue weighted by atomic mass is 35.5. The summed E-state index contributed by atoms with van der Waals surface area (Å²) in [5.74, 6) is 0. The normalized spacial score (nSPS) is 12.0. The van der Waals surface area contributed by atoms with Gasteiger partial charge in [-0.2, -0.15) is 5.10 Å². The van der Waals surface area contributed by atoms with E-state index in [9.17, 15) is 0 Å². The molecule has 2 aromatic carbocycles. The molecule has 3 nitrogen and oxygen atoms in total. The first-order chi connectivity index (χ1) is 12.7. The molecule has 0 aliphatic rings. The van der Waals surface area contributed by atoms with Crippen LogP contribution in [0.15, 0.2) is 73.8 Å². The Morgan fingerprint density at radius 1 is 1.07 bits per heavy atom. The molecule has 4 heteroatoms. The van der Waals surface area contributed by atoms with Crippen molar-refractivity contribution >= 4 is 23.3 Å². The fourth-order valence-electron chi connectivity index (χ4n) is 3.53. The predicted octanol–water partition coefficient (Wildman–Crippen LogP) is 6.02. The Morgan fingerprint density at radius 3 is 2.33 bits per heavy atom. The zero-order valence-corrected chi connectivity index (χ0v) is 17.0. The van der Waals surface area contributed by atoms with Crippen LogP contribution in [-0.2, 0) is 0 Å². The van der Waals surface area contributed by atoms with E-state index < -0.39 is 0 Å². The number of rotatable bonds is 8. The van der Waals surface area contributed by atoms with Gasteiger partial charge in [0.15, 0.2) is 0 Å². The molecular weight excluding hydrogens is 354 g/mol. The van der Waals surface area contributed by atoms with E-state index in [4.69, 9.17) is 5.10 Å². The Bertz CT molecular complexity index is 889. The Hall–Kier alpha value is -2.36. The van der Waals surface area contributed by atoms with Crippen LogP contribution >= 0.6 is 12.4 Å². The first-order valence-corrected chi connectivity index (χ1v) is 9.19. The fourth-order valence-corrected chi connectivity index (χ4v) is 3.53. The van der Waals surface area contributed by atoms with E-state index in [1.54, 1.807) is 0 Å². The zero-order chi connectivity index (χ0) is 18.5. The lowest BCUT2D eigenvalue weighted by atomic mass is 10.1. The molecule has 0 saturated carbocycles. The Labute approximate surface area is 168 Å². The van der Waals surface area contributed by atoms with E-state index in [1.807, 2.05) is 18.2 Å². The summed E-state index contributed by atoms with van der Waals surface area (Å²) in [6, 6.07) is 17.0. The van der Waals surface area contributed by atoms with Crippen LogP contribution in [-0.4, -0.2) is 27.8 Å². The van der Waals surface area contributed by atoms with Crippen LogP contribution in [0.25, 0.3) is 22.2 Å². The standard InChI is InChI=1S/C23H27N3.ClH/c1-5-15-25(16-6-2)22(7-3)26-21-14-13-18(4)17-20(21)23(24-26)19-11-9-8-10-12-19;/h5-6,8-14,17,22H,1-2,7,15-16H2,3-4H3;1H. The van der Waals surface area contributed by atoms with Crippen LogP contribution in [0.3, 0.4) is 0 Å². The van der Waals surface area contributed by atoms with Crippen molar-refractivity contribution in [1.82, 2.24) is 14.7 Å². The molecule has 0 aliphatic carbocycles. The smallest absolute Gasteiger partial charge is 0.105 e. The molecule has 0 aliphatic heterocycles. The van der Waals surface area contributed by atoms with E-state index in [0.717, 1.165) is 30.8 Å². The van der Waals surface area contributed by atoms with Crippen molar-refractivity contribution in [3.63, 3.8) is 0 Å². The predicted molar refractivity (Wildman–Crippen MR) is 118 cm³/mol. The molecule has 0 spiro atoms. The van der Waals surface area contributed by atoms with Crippen molar-refractivity contribution in [2.24, 2.45) is 0 Å². The first kappa shape index (κ1) is 20.9. The average Bonchev–Trinajstić information content (AvgIpc) is 3.02. The van der Waals surface area contributed by atoms with Crippen molar-refractivity contribution in [3.05, 3.63) is 79.4 Å². The van der Waals surface area contributed by atoms with Gasteiger partial charge < -0.3 is 0 Å². The van der Waals surface area contributed by atoms with E-state index in [2.05, 4.69) is 79.1 Å². The summed E-state index contributed by atoms with van der Waals surface area (Å²) in [6.07, 6.45) is 5.01. The third kappa shape index (κ3) is 4.32. The largest absolute Gasteiger partial charge is 0.274 e. The van der Waals surface area contributed by atoms with E-state index in [1.165, 1.54) is 16.5 Å². The van der Waals surface area contributed by atoms with Gasteiger partial charge in [-0.1, -0.05) is 61.0 Å².